The van der Waals surface area contributed by atoms with Crippen LogP contribution in [0.5, 0.6) is 0 Å². The number of halogens is 3. The van der Waals surface area contributed by atoms with Crippen LogP contribution in [0.25, 0.3) is 17.0 Å². The highest BCUT2D eigenvalue weighted by molar-refractivity contribution is 9.10. The maximum Gasteiger partial charge on any atom is 0.294 e. The van der Waals surface area contributed by atoms with Gasteiger partial charge in [-0.15, -0.1) is 0 Å². The number of nitrogens with zero attached hydrogens (tertiary/aromatic N) is 2. The van der Waals surface area contributed by atoms with Gasteiger partial charge in [0.1, 0.15) is 6.54 Å². The Hall–Kier alpha value is -3.04. The average Bonchev–Trinajstić information content (AvgIpc) is 3.34. The standard InChI is InChI=1S/C27H18BrCl2N3O3S/c28-20-6-2-3-7-22(20)31-25(34)15-33-26(35)24(37-27(33)36)11-17-14-32(23-8-4-1-5-19(17)23)13-16-9-10-18(29)12-21(16)30/h1-12,14H,13,15H2,(H,31,34)/b24-11+. The van der Waals surface area contributed by atoms with Crippen molar-refractivity contribution < 1.29 is 14.4 Å². The van der Waals surface area contributed by atoms with E-state index < -0.39 is 17.1 Å². The van der Waals surface area contributed by atoms with E-state index in [0.717, 1.165) is 38.7 Å². The Kier molecular flexibility index (Phi) is 7.44. The number of carbonyl (C=O) groups is 3. The van der Waals surface area contributed by atoms with Crippen molar-refractivity contribution in [1.82, 2.24) is 9.47 Å². The molecular weight excluding hydrogens is 597 g/mol. The summed E-state index contributed by atoms with van der Waals surface area (Å²) >= 11 is 16.6. The van der Waals surface area contributed by atoms with Crippen LogP contribution in [0.4, 0.5) is 10.5 Å². The number of carbonyl (C=O) groups excluding carboxylic acids is 3. The monoisotopic (exact) mass is 613 g/mol. The van der Waals surface area contributed by atoms with E-state index >= 15 is 0 Å². The zero-order valence-electron chi connectivity index (χ0n) is 19.1. The number of hydrogen-bond donors (Lipinski definition) is 1. The van der Waals surface area contributed by atoms with Crippen LogP contribution < -0.4 is 5.32 Å². The minimum absolute atomic E-state index is 0.256. The predicted octanol–water partition coefficient (Wildman–Crippen LogP) is 7.43. The van der Waals surface area contributed by atoms with Crippen molar-refractivity contribution in [3.8, 4) is 0 Å². The first kappa shape index (κ1) is 25.6. The van der Waals surface area contributed by atoms with Gasteiger partial charge in [-0.05, 0) is 69.7 Å². The number of hydrogen-bond acceptors (Lipinski definition) is 4. The molecule has 0 atom stereocenters. The lowest BCUT2D eigenvalue weighted by molar-refractivity contribution is -0.127. The van der Waals surface area contributed by atoms with Crippen molar-refractivity contribution in [3.63, 3.8) is 0 Å². The van der Waals surface area contributed by atoms with Crippen LogP contribution in [-0.2, 0) is 16.1 Å². The molecule has 4 aromatic rings. The summed E-state index contributed by atoms with van der Waals surface area (Å²) in [7, 11) is 0. The minimum Gasteiger partial charge on any atom is -0.342 e. The molecule has 37 heavy (non-hydrogen) atoms. The summed E-state index contributed by atoms with van der Waals surface area (Å²) < 4.78 is 2.74. The minimum atomic E-state index is -0.505. The molecule has 1 aromatic heterocycles. The number of amides is 3. The first-order valence-corrected chi connectivity index (χ1v) is 13.5. The third-order valence-corrected chi connectivity index (χ3v) is 7.97. The second-order valence-electron chi connectivity index (χ2n) is 8.26. The summed E-state index contributed by atoms with van der Waals surface area (Å²) in [6.07, 6.45) is 3.61. The Labute approximate surface area is 235 Å². The van der Waals surface area contributed by atoms with Crippen LogP contribution >= 0.6 is 50.9 Å². The van der Waals surface area contributed by atoms with Crippen molar-refractivity contribution in [2.45, 2.75) is 6.54 Å². The topological polar surface area (TPSA) is 71.4 Å². The van der Waals surface area contributed by atoms with E-state index in [1.807, 2.05) is 47.2 Å². The molecule has 186 valence electrons. The van der Waals surface area contributed by atoms with Crippen LogP contribution in [0.1, 0.15) is 11.1 Å². The number of thioether (sulfide) groups is 1. The second-order valence-corrected chi connectivity index (χ2v) is 11.0. The van der Waals surface area contributed by atoms with Crippen LogP contribution in [0.2, 0.25) is 10.0 Å². The number of rotatable bonds is 6. The van der Waals surface area contributed by atoms with E-state index in [-0.39, 0.29) is 11.4 Å². The molecule has 10 heteroatoms. The Bertz CT molecular complexity index is 1600. The lowest BCUT2D eigenvalue weighted by Gasteiger charge is -2.13. The number of benzene rings is 3. The fraction of sp³-hybridized carbons (Fsp3) is 0.0741. The van der Waals surface area contributed by atoms with Gasteiger partial charge in [0.15, 0.2) is 0 Å². The summed E-state index contributed by atoms with van der Waals surface area (Å²) in [5.41, 5.74) is 3.19. The normalized spacial score (nSPS) is 14.7. The fourth-order valence-electron chi connectivity index (χ4n) is 4.03. The van der Waals surface area contributed by atoms with Gasteiger partial charge in [-0.3, -0.25) is 19.3 Å². The summed E-state index contributed by atoms with van der Waals surface area (Å²) in [4.78, 5) is 39.5. The van der Waals surface area contributed by atoms with E-state index in [0.29, 0.717) is 26.8 Å². The molecule has 1 saturated heterocycles. The van der Waals surface area contributed by atoms with Crippen molar-refractivity contribution in [1.29, 1.82) is 0 Å². The molecule has 2 heterocycles. The van der Waals surface area contributed by atoms with Crippen LogP contribution in [0.15, 0.2) is 82.3 Å². The third-order valence-electron chi connectivity index (χ3n) is 5.79. The van der Waals surface area contributed by atoms with Crippen molar-refractivity contribution in [2.75, 3.05) is 11.9 Å². The lowest BCUT2D eigenvalue weighted by atomic mass is 10.1. The van der Waals surface area contributed by atoms with Crippen LogP contribution in [-0.4, -0.2) is 33.1 Å². The van der Waals surface area contributed by atoms with E-state index in [1.54, 1.807) is 36.4 Å². The van der Waals surface area contributed by atoms with E-state index in [9.17, 15) is 14.4 Å². The molecule has 0 bridgehead atoms. The Morgan fingerprint density at radius 2 is 1.78 bits per heavy atom. The predicted molar refractivity (Wildman–Crippen MR) is 153 cm³/mol. The van der Waals surface area contributed by atoms with Gasteiger partial charge in [-0.2, -0.15) is 0 Å². The number of aromatic nitrogens is 1. The number of para-hydroxylation sites is 2. The highest BCUT2D eigenvalue weighted by Crippen LogP contribution is 2.35. The molecule has 0 saturated carbocycles. The van der Waals surface area contributed by atoms with Crippen molar-refractivity contribution in [3.05, 3.63) is 103 Å². The van der Waals surface area contributed by atoms with E-state index in [2.05, 4.69) is 21.2 Å². The Morgan fingerprint density at radius 3 is 2.57 bits per heavy atom. The Balaban J connectivity index is 1.39. The SMILES string of the molecule is O=C(CN1C(=O)S/C(=C/c2cn(Cc3ccc(Cl)cc3Cl)c3ccccc23)C1=O)Nc1ccccc1Br. The molecule has 6 nitrogen and oxygen atoms in total. The van der Waals surface area contributed by atoms with E-state index in [1.165, 1.54) is 0 Å². The van der Waals surface area contributed by atoms with Gasteiger partial charge in [0.05, 0.1) is 10.6 Å². The molecule has 0 unspecified atom stereocenters. The summed E-state index contributed by atoms with van der Waals surface area (Å²) in [5, 5.41) is 4.28. The van der Waals surface area contributed by atoms with Gasteiger partial charge >= 0.3 is 0 Å². The maximum atomic E-state index is 13.1. The maximum absolute atomic E-state index is 13.1. The first-order chi connectivity index (χ1) is 17.8. The molecule has 5 rings (SSSR count). The molecular formula is C27H18BrCl2N3O3S. The van der Waals surface area contributed by atoms with Gasteiger partial charge < -0.3 is 9.88 Å². The molecule has 1 N–H and O–H groups in total. The van der Waals surface area contributed by atoms with E-state index in [4.69, 9.17) is 23.2 Å². The van der Waals surface area contributed by atoms with Crippen molar-refractivity contribution in [2.24, 2.45) is 0 Å². The second kappa shape index (κ2) is 10.8. The van der Waals surface area contributed by atoms with Crippen LogP contribution in [0.3, 0.4) is 0 Å². The zero-order chi connectivity index (χ0) is 26.1. The number of anilines is 1. The smallest absolute Gasteiger partial charge is 0.294 e. The van der Waals surface area contributed by atoms with Gasteiger partial charge in [0, 0.05) is 43.7 Å². The van der Waals surface area contributed by atoms with Crippen LogP contribution in [0, 0.1) is 0 Å². The molecule has 1 aliphatic rings. The third kappa shape index (κ3) is 5.48. The summed E-state index contributed by atoms with van der Waals surface area (Å²) in [6, 6.07) is 20.3. The largest absolute Gasteiger partial charge is 0.342 e. The quantitative estimate of drug-likeness (QED) is 0.229. The highest BCUT2D eigenvalue weighted by atomic mass is 79.9. The zero-order valence-corrected chi connectivity index (χ0v) is 23.0. The number of fused-ring (bicyclic) bond motifs is 1. The highest BCUT2D eigenvalue weighted by Gasteiger charge is 2.36. The first-order valence-electron chi connectivity index (χ1n) is 11.1. The molecule has 0 radical (unpaired) electrons. The molecule has 0 aliphatic carbocycles. The number of nitrogens with one attached hydrogen (secondary N) is 1. The molecule has 3 aromatic carbocycles. The summed E-state index contributed by atoms with van der Waals surface area (Å²) in [6.45, 7) is 0.126. The van der Waals surface area contributed by atoms with Crippen molar-refractivity contribution >= 4 is 90.6 Å². The van der Waals surface area contributed by atoms with Gasteiger partial charge in [-0.25, -0.2) is 0 Å². The lowest BCUT2D eigenvalue weighted by Crippen LogP contribution is -2.36. The molecule has 1 aliphatic heterocycles. The molecule has 1 fully saturated rings. The Morgan fingerprint density at radius 1 is 1.03 bits per heavy atom. The van der Waals surface area contributed by atoms with Gasteiger partial charge in [0.25, 0.3) is 11.1 Å². The van der Waals surface area contributed by atoms with Gasteiger partial charge in [-0.1, -0.05) is 59.6 Å². The number of imide groups is 1. The average molecular weight is 615 g/mol. The van der Waals surface area contributed by atoms with Gasteiger partial charge in [0.2, 0.25) is 5.91 Å². The fourth-order valence-corrected chi connectivity index (χ4v) is 5.71. The molecule has 0 spiro atoms. The summed E-state index contributed by atoms with van der Waals surface area (Å²) in [5.74, 6) is -0.971. The molecule has 3 amide bonds.